The zero-order chi connectivity index (χ0) is 11.5. The summed E-state index contributed by atoms with van der Waals surface area (Å²) in [5.41, 5.74) is 0. The lowest BCUT2D eigenvalue weighted by Crippen LogP contribution is -2.46. The quantitative estimate of drug-likeness (QED) is 0.749. The molecule has 4 atom stereocenters. The van der Waals surface area contributed by atoms with Crippen molar-refractivity contribution in [3.05, 3.63) is 0 Å². The molecule has 16 heavy (non-hydrogen) atoms. The van der Waals surface area contributed by atoms with E-state index in [1.165, 1.54) is 19.3 Å². The van der Waals surface area contributed by atoms with Crippen LogP contribution in [0.25, 0.3) is 0 Å². The summed E-state index contributed by atoms with van der Waals surface area (Å²) >= 11 is 0. The van der Waals surface area contributed by atoms with Crippen molar-refractivity contribution in [1.29, 1.82) is 0 Å². The van der Waals surface area contributed by atoms with Gasteiger partial charge in [-0.05, 0) is 44.9 Å². The van der Waals surface area contributed by atoms with Crippen LogP contribution in [0.2, 0.25) is 0 Å². The molecule has 0 spiro atoms. The van der Waals surface area contributed by atoms with Gasteiger partial charge in [-0.25, -0.2) is 0 Å². The van der Waals surface area contributed by atoms with Crippen molar-refractivity contribution in [2.45, 2.75) is 58.0 Å². The molecular weight excluding hydrogens is 200 g/mol. The molecule has 0 aromatic carbocycles. The predicted octanol–water partition coefficient (Wildman–Crippen LogP) is 1.68. The third-order valence-corrected chi connectivity index (χ3v) is 4.07. The molecule has 2 N–H and O–H groups in total. The number of hydrogen-bond donors (Lipinski definition) is 2. The first kappa shape index (κ1) is 11.9. The van der Waals surface area contributed by atoms with E-state index >= 15 is 0 Å². The molecular formula is C13H24N2O. The van der Waals surface area contributed by atoms with Crippen LogP contribution in [-0.4, -0.2) is 24.5 Å². The molecule has 1 heterocycles. The first-order chi connectivity index (χ1) is 7.65. The Morgan fingerprint density at radius 3 is 2.56 bits per heavy atom. The van der Waals surface area contributed by atoms with E-state index in [1.807, 2.05) is 0 Å². The Labute approximate surface area is 98.4 Å². The zero-order valence-corrected chi connectivity index (χ0v) is 10.5. The van der Waals surface area contributed by atoms with Crippen LogP contribution in [0, 0.1) is 11.8 Å². The van der Waals surface area contributed by atoms with Gasteiger partial charge in [0.05, 0.1) is 5.92 Å². The number of nitrogens with one attached hydrogen (secondary N) is 2. The van der Waals surface area contributed by atoms with Crippen molar-refractivity contribution in [3.8, 4) is 0 Å². The highest BCUT2D eigenvalue weighted by Gasteiger charge is 2.28. The summed E-state index contributed by atoms with van der Waals surface area (Å²) in [6.07, 6.45) is 5.78. The molecule has 1 saturated carbocycles. The third kappa shape index (κ3) is 2.97. The summed E-state index contributed by atoms with van der Waals surface area (Å²) in [6.45, 7) is 5.32. The highest BCUT2D eigenvalue weighted by Crippen LogP contribution is 2.25. The summed E-state index contributed by atoms with van der Waals surface area (Å²) in [5.74, 6) is 1.26. The molecule has 1 aliphatic heterocycles. The van der Waals surface area contributed by atoms with E-state index in [4.69, 9.17) is 0 Å². The van der Waals surface area contributed by atoms with Crippen LogP contribution >= 0.6 is 0 Å². The van der Waals surface area contributed by atoms with Gasteiger partial charge in [-0.2, -0.15) is 0 Å². The molecule has 2 fully saturated rings. The van der Waals surface area contributed by atoms with Crippen molar-refractivity contribution in [1.82, 2.24) is 10.6 Å². The maximum atomic E-state index is 12.0. The van der Waals surface area contributed by atoms with Gasteiger partial charge >= 0.3 is 0 Å². The van der Waals surface area contributed by atoms with Gasteiger partial charge in [-0.1, -0.05) is 6.92 Å². The topological polar surface area (TPSA) is 41.1 Å². The first-order valence-electron chi connectivity index (χ1n) is 6.69. The maximum absolute atomic E-state index is 12.0. The summed E-state index contributed by atoms with van der Waals surface area (Å²) in [5, 5.41) is 6.60. The average Bonchev–Trinajstić information content (AvgIpc) is 2.65. The van der Waals surface area contributed by atoms with Gasteiger partial charge in [0.2, 0.25) is 5.91 Å². The van der Waals surface area contributed by atoms with E-state index in [2.05, 4.69) is 24.5 Å². The molecule has 4 unspecified atom stereocenters. The number of amides is 1. The lowest BCUT2D eigenvalue weighted by molar-refractivity contribution is -0.126. The fraction of sp³-hybridized carbons (Fsp3) is 0.923. The molecule has 0 aromatic rings. The number of carbonyl (C=O) groups is 1. The fourth-order valence-corrected chi connectivity index (χ4v) is 2.88. The second-order valence-corrected chi connectivity index (χ2v) is 5.71. The summed E-state index contributed by atoms with van der Waals surface area (Å²) in [4.78, 5) is 12.0. The van der Waals surface area contributed by atoms with Gasteiger partial charge in [-0.15, -0.1) is 0 Å². The molecule has 0 radical (unpaired) electrons. The van der Waals surface area contributed by atoms with Gasteiger partial charge in [-0.3, -0.25) is 4.79 Å². The average molecular weight is 224 g/mol. The molecule has 2 rings (SSSR count). The van der Waals surface area contributed by atoms with Crippen molar-refractivity contribution < 1.29 is 4.79 Å². The maximum Gasteiger partial charge on any atom is 0.224 e. The molecule has 3 nitrogen and oxygen atoms in total. The monoisotopic (exact) mass is 224 g/mol. The third-order valence-electron chi connectivity index (χ3n) is 4.07. The van der Waals surface area contributed by atoms with Crippen molar-refractivity contribution >= 4 is 5.91 Å². The molecule has 3 heteroatoms. The number of piperidine rings is 1. The number of rotatable bonds is 2. The van der Waals surface area contributed by atoms with Crippen LogP contribution < -0.4 is 10.6 Å². The van der Waals surface area contributed by atoms with Crippen LogP contribution in [-0.2, 0) is 4.79 Å². The second-order valence-electron chi connectivity index (χ2n) is 5.71. The van der Waals surface area contributed by atoms with Gasteiger partial charge < -0.3 is 10.6 Å². The molecule has 0 aromatic heterocycles. The van der Waals surface area contributed by atoms with Crippen molar-refractivity contribution in [2.24, 2.45) is 11.8 Å². The van der Waals surface area contributed by atoms with Crippen LogP contribution in [0.4, 0.5) is 0 Å². The molecule has 1 amide bonds. The Kier molecular flexibility index (Phi) is 3.85. The largest absolute Gasteiger partial charge is 0.353 e. The van der Waals surface area contributed by atoms with E-state index < -0.39 is 0 Å². The fourth-order valence-electron chi connectivity index (χ4n) is 2.88. The smallest absolute Gasteiger partial charge is 0.224 e. The minimum absolute atomic E-state index is 0.201. The minimum atomic E-state index is 0.201. The highest BCUT2D eigenvalue weighted by molar-refractivity contribution is 5.79. The Balaban J connectivity index is 1.75. The van der Waals surface area contributed by atoms with Gasteiger partial charge in [0, 0.05) is 18.6 Å². The second kappa shape index (κ2) is 5.17. The molecule has 2 aliphatic rings. The van der Waals surface area contributed by atoms with E-state index in [0.29, 0.717) is 12.1 Å². The zero-order valence-electron chi connectivity index (χ0n) is 10.5. The molecule has 1 aliphatic carbocycles. The number of carbonyl (C=O) groups excluding carboxylic acids is 1. The lowest BCUT2D eigenvalue weighted by atomic mass is 9.94. The van der Waals surface area contributed by atoms with Gasteiger partial charge in [0.25, 0.3) is 0 Å². The van der Waals surface area contributed by atoms with Crippen LogP contribution in [0.15, 0.2) is 0 Å². The van der Waals surface area contributed by atoms with E-state index in [0.717, 1.165) is 25.3 Å². The minimum Gasteiger partial charge on any atom is -0.353 e. The van der Waals surface area contributed by atoms with E-state index in [-0.39, 0.29) is 11.8 Å². The molecule has 1 saturated heterocycles. The summed E-state index contributed by atoms with van der Waals surface area (Å²) in [6, 6.07) is 1.03. The highest BCUT2D eigenvalue weighted by atomic mass is 16.2. The first-order valence-corrected chi connectivity index (χ1v) is 6.69. The summed E-state index contributed by atoms with van der Waals surface area (Å²) in [7, 11) is 0. The number of hydrogen-bond acceptors (Lipinski definition) is 2. The lowest BCUT2D eigenvalue weighted by Gasteiger charge is -2.27. The van der Waals surface area contributed by atoms with E-state index in [9.17, 15) is 4.79 Å². The van der Waals surface area contributed by atoms with Crippen molar-refractivity contribution in [3.63, 3.8) is 0 Å². The van der Waals surface area contributed by atoms with E-state index in [1.54, 1.807) is 0 Å². The Bertz CT molecular complexity index is 246. The van der Waals surface area contributed by atoms with Crippen LogP contribution in [0.1, 0.15) is 46.0 Å². The molecule has 0 bridgehead atoms. The van der Waals surface area contributed by atoms with Crippen LogP contribution in [0.3, 0.4) is 0 Å². The predicted molar refractivity (Wildman–Crippen MR) is 65.1 cm³/mol. The normalized spacial score (nSPS) is 39.6. The van der Waals surface area contributed by atoms with Gasteiger partial charge in [0.1, 0.15) is 0 Å². The Hall–Kier alpha value is -0.570. The summed E-state index contributed by atoms with van der Waals surface area (Å²) < 4.78 is 0. The Morgan fingerprint density at radius 1 is 1.19 bits per heavy atom. The van der Waals surface area contributed by atoms with Crippen LogP contribution in [0.5, 0.6) is 0 Å². The Morgan fingerprint density at radius 2 is 2.00 bits per heavy atom. The standard InChI is InChI=1S/C13H24N2O/c1-9-3-6-12(7-9)15-13(16)11-5-4-10(2)14-8-11/h9-12,14H,3-8H2,1-2H3,(H,15,16). The van der Waals surface area contributed by atoms with Crippen molar-refractivity contribution in [2.75, 3.05) is 6.54 Å². The van der Waals surface area contributed by atoms with Gasteiger partial charge in [0.15, 0.2) is 0 Å². The molecule has 92 valence electrons. The SMILES string of the molecule is CC1CCC(NC(=O)C2CCC(C)NC2)C1.